The van der Waals surface area contributed by atoms with Gasteiger partial charge in [-0.15, -0.1) is 0 Å². The fraction of sp³-hybridized carbons (Fsp3) is 0.692. The van der Waals surface area contributed by atoms with Gasteiger partial charge in [-0.3, -0.25) is 9.59 Å². The van der Waals surface area contributed by atoms with Gasteiger partial charge >= 0.3 is 11.9 Å². The largest absolute Gasteiger partial charge is 0.481 e. The highest BCUT2D eigenvalue weighted by atomic mass is 16.4. The number of rotatable bonds is 2. The molecule has 0 spiro atoms. The van der Waals surface area contributed by atoms with Crippen LogP contribution in [-0.2, 0) is 9.59 Å². The molecule has 0 amide bonds. The van der Waals surface area contributed by atoms with E-state index in [1.54, 1.807) is 0 Å². The second-order valence-electron chi connectivity index (χ2n) is 5.42. The lowest BCUT2D eigenvalue weighted by Crippen LogP contribution is -2.21. The standard InChI is InChI=1S/C10H16.C3H4O4/c1-7-8-4-5-9(6-8)10(7,2)3;4-2(5)1-3(6)7/h8-9H,1,4-6H2,2-3H3;1H2,(H,4,5)(H,6,7). The zero-order chi connectivity index (χ0) is 13.2. The summed E-state index contributed by atoms with van der Waals surface area (Å²) in [7, 11) is 0. The molecule has 2 unspecified atom stereocenters. The van der Waals surface area contributed by atoms with Crippen LogP contribution in [0, 0.1) is 17.3 Å². The maximum Gasteiger partial charge on any atom is 0.314 e. The predicted octanol–water partition coefficient (Wildman–Crippen LogP) is 2.54. The molecule has 96 valence electrons. The van der Waals surface area contributed by atoms with E-state index in [1.807, 2.05) is 0 Å². The van der Waals surface area contributed by atoms with Crippen molar-refractivity contribution < 1.29 is 19.8 Å². The maximum atomic E-state index is 9.43. The molecule has 0 aromatic rings. The van der Waals surface area contributed by atoms with Crippen LogP contribution in [0.1, 0.15) is 39.5 Å². The van der Waals surface area contributed by atoms with E-state index < -0.39 is 18.4 Å². The van der Waals surface area contributed by atoms with Gasteiger partial charge in [0.2, 0.25) is 0 Å². The highest BCUT2D eigenvalue weighted by Gasteiger charge is 2.47. The van der Waals surface area contributed by atoms with Crippen LogP contribution < -0.4 is 0 Å². The molecule has 2 saturated carbocycles. The van der Waals surface area contributed by atoms with E-state index in [1.165, 1.54) is 24.8 Å². The molecule has 4 nitrogen and oxygen atoms in total. The Morgan fingerprint density at radius 1 is 1.29 bits per heavy atom. The lowest BCUT2D eigenvalue weighted by Gasteiger charge is -2.31. The summed E-state index contributed by atoms with van der Waals surface area (Å²) in [6.07, 6.45) is 3.51. The lowest BCUT2D eigenvalue weighted by atomic mass is 9.73. The molecule has 0 radical (unpaired) electrons. The van der Waals surface area contributed by atoms with Crippen molar-refractivity contribution in [2.75, 3.05) is 0 Å². The average Bonchev–Trinajstić information content (AvgIpc) is 2.69. The van der Waals surface area contributed by atoms with Crippen LogP contribution >= 0.6 is 0 Å². The summed E-state index contributed by atoms with van der Waals surface area (Å²) in [5, 5.41) is 15.4. The first kappa shape index (κ1) is 13.7. The summed E-state index contributed by atoms with van der Waals surface area (Å²) in [6, 6.07) is 0. The minimum absolute atomic E-state index is 0.475. The quantitative estimate of drug-likeness (QED) is 0.574. The second-order valence-corrected chi connectivity index (χ2v) is 5.42. The van der Waals surface area contributed by atoms with E-state index in [4.69, 9.17) is 10.2 Å². The zero-order valence-corrected chi connectivity index (χ0v) is 10.4. The number of carbonyl (C=O) groups is 2. The molecule has 0 saturated heterocycles. The Bertz CT molecular complexity index is 331. The van der Waals surface area contributed by atoms with Gasteiger partial charge in [-0.1, -0.05) is 26.0 Å². The fourth-order valence-corrected chi connectivity index (χ4v) is 2.87. The van der Waals surface area contributed by atoms with Gasteiger partial charge in [-0.05, 0) is 36.5 Å². The molecule has 0 aromatic heterocycles. The van der Waals surface area contributed by atoms with Crippen molar-refractivity contribution in [2.24, 2.45) is 17.3 Å². The van der Waals surface area contributed by atoms with Crippen LogP contribution in [0.25, 0.3) is 0 Å². The van der Waals surface area contributed by atoms with Crippen molar-refractivity contribution in [1.29, 1.82) is 0 Å². The van der Waals surface area contributed by atoms with Crippen molar-refractivity contribution in [3.8, 4) is 0 Å². The zero-order valence-electron chi connectivity index (χ0n) is 10.4. The van der Waals surface area contributed by atoms with Crippen molar-refractivity contribution in [3.05, 3.63) is 12.2 Å². The minimum atomic E-state index is -1.31. The second kappa shape index (κ2) is 4.90. The summed E-state index contributed by atoms with van der Waals surface area (Å²) >= 11 is 0. The highest BCUT2D eigenvalue weighted by molar-refractivity contribution is 5.88. The molecule has 2 bridgehead atoms. The smallest absolute Gasteiger partial charge is 0.314 e. The Hall–Kier alpha value is -1.32. The number of carboxylic acid groups (broad SMARTS) is 2. The summed E-state index contributed by atoms with van der Waals surface area (Å²) in [4.78, 5) is 18.9. The number of hydrogen-bond acceptors (Lipinski definition) is 2. The van der Waals surface area contributed by atoms with Gasteiger partial charge in [0.15, 0.2) is 0 Å². The average molecular weight is 240 g/mol. The van der Waals surface area contributed by atoms with Crippen molar-refractivity contribution in [1.82, 2.24) is 0 Å². The van der Waals surface area contributed by atoms with Crippen LogP contribution in [-0.4, -0.2) is 22.2 Å². The van der Waals surface area contributed by atoms with E-state index in [9.17, 15) is 9.59 Å². The number of hydrogen-bond donors (Lipinski definition) is 2. The lowest BCUT2D eigenvalue weighted by molar-refractivity contribution is -0.147. The first-order valence-corrected chi connectivity index (χ1v) is 5.88. The summed E-state index contributed by atoms with van der Waals surface area (Å²) in [5.41, 5.74) is 2.01. The Morgan fingerprint density at radius 3 is 2.00 bits per heavy atom. The van der Waals surface area contributed by atoms with Gasteiger partial charge in [0.1, 0.15) is 6.42 Å². The van der Waals surface area contributed by atoms with Gasteiger partial charge < -0.3 is 10.2 Å². The Balaban J connectivity index is 0.000000185. The summed E-state index contributed by atoms with van der Waals surface area (Å²) in [5.74, 6) is -0.773. The van der Waals surface area contributed by atoms with E-state index in [0.29, 0.717) is 5.41 Å². The minimum Gasteiger partial charge on any atom is -0.481 e. The molecule has 2 rings (SSSR count). The van der Waals surface area contributed by atoms with Crippen LogP contribution in [0.3, 0.4) is 0 Å². The van der Waals surface area contributed by atoms with Gasteiger partial charge in [0.25, 0.3) is 0 Å². The number of fused-ring (bicyclic) bond motifs is 2. The first-order chi connectivity index (χ1) is 7.75. The SMILES string of the molecule is C=C1C2CCC(C2)C1(C)C.O=C(O)CC(=O)O. The molecular weight excluding hydrogens is 220 g/mol. The van der Waals surface area contributed by atoms with Gasteiger partial charge in [-0.2, -0.15) is 0 Å². The third-order valence-corrected chi connectivity index (χ3v) is 4.08. The summed E-state index contributed by atoms with van der Waals surface area (Å²) < 4.78 is 0. The van der Waals surface area contributed by atoms with E-state index >= 15 is 0 Å². The van der Waals surface area contributed by atoms with Crippen molar-refractivity contribution in [2.45, 2.75) is 39.5 Å². The molecular formula is C13H20O4. The number of carboxylic acids is 2. The molecule has 0 heterocycles. The normalized spacial score (nSPS) is 28.5. The van der Waals surface area contributed by atoms with E-state index in [2.05, 4.69) is 20.4 Å². The van der Waals surface area contributed by atoms with Crippen LogP contribution in [0.5, 0.6) is 0 Å². The molecule has 2 fully saturated rings. The van der Waals surface area contributed by atoms with Gasteiger partial charge in [0, 0.05) is 0 Å². The van der Waals surface area contributed by atoms with Crippen LogP contribution in [0.15, 0.2) is 12.2 Å². The molecule has 2 aliphatic rings. The third-order valence-electron chi connectivity index (χ3n) is 4.08. The predicted molar refractivity (Wildman–Crippen MR) is 63.6 cm³/mol. The highest BCUT2D eigenvalue weighted by Crippen LogP contribution is 2.58. The first-order valence-electron chi connectivity index (χ1n) is 5.88. The van der Waals surface area contributed by atoms with E-state index in [0.717, 1.165) is 11.8 Å². The van der Waals surface area contributed by atoms with Crippen LogP contribution in [0.2, 0.25) is 0 Å². The number of aliphatic carboxylic acids is 2. The van der Waals surface area contributed by atoms with Crippen LogP contribution in [0.4, 0.5) is 0 Å². The fourth-order valence-electron chi connectivity index (χ4n) is 2.87. The molecule has 2 N–H and O–H groups in total. The van der Waals surface area contributed by atoms with Crippen molar-refractivity contribution in [3.63, 3.8) is 0 Å². The topological polar surface area (TPSA) is 74.6 Å². The maximum absolute atomic E-state index is 9.43. The summed E-state index contributed by atoms with van der Waals surface area (Å²) in [6.45, 7) is 8.91. The van der Waals surface area contributed by atoms with Crippen molar-refractivity contribution >= 4 is 11.9 Å². The molecule has 0 aromatic carbocycles. The van der Waals surface area contributed by atoms with Gasteiger partial charge in [-0.25, -0.2) is 0 Å². The Kier molecular flexibility index (Phi) is 3.96. The Morgan fingerprint density at radius 2 is 1.82 bits per heavy atom. The third kappa shape index (κ3) is 3.08. The van der Waals surface area contributed by atoms with E-state index in [-0.39, 0.29) is 0 Å². The molecule has 0 aliphatic heterocycles. The molecule has 2 aliphatic carbocycles. The molecule has 4 heteroatoms. The molecule has 2 atom stereocenters. The monoisotopic (exact) mass is 240 g/mol. The number of allylic oxidation sites excluding steroid dienone is 1. The Labute approximate surface area is 101 Å². The van der Waals surface area contributed by atoms with Gasteiger partial charge in [0.05, 0.1) is 0 Å². The molecule has 17 heavy (non-hydrogen) atoms.